The number of rotatable bonds is 30. The predicted molar refractivity (Wildman–Crippen MR) is 252 cm³/mol. The van der Waals surface area contributed by atoms with Crippen molar-refractivity contribution in [2.24, 2.45) is 0 Å². The molecule has 0 bridgehead atoms. The van der Waals surface area contributed by atoms with Crippen LogP contribution in [-0.4, -0.2) is 76.6 Å². The molecule has 314 valence electrons. The maximum absolute atomic E-state index is 12.6. The zero-order chi connectivity index (χ0) is 38.6. The number of cyclic esters (lactones) is 2. The van der Waals surface area contributed by atoms with Gasteiger partial charge in [0.15, 0.2) is 0 Å². The summed E-state index contributed by atoms with van der Waals surface area (Å²) in [4.78, 5) is 25.2. The summed E-state index contributed by atoms with van der Waals surface area (Å²) in [5.41, 5.74) is 0. The van der Waals surface area contributed by atoms with Gasteiger partial charge in [0.2, 0.25) is 0 Å². The first kappa shape index (κ1) is 53.3. The molecule has 11 heteroatoms. The maximum atomic E-state index is 12.6. The quantitative estimate of drug-likeness (QED) is 0.0398. The van der Waals surface area contributed by atoms with Crippen LogP contribution in [0.2, 0.25) is 8.87 Å². The zero-order valence-electron chi connectivity index (χ0n) is 35.1. The summed E-state index contributed by atoms with van der Waals surface area (Å²) in [6.07, 6.45) is 38.0. The minimum absolute atomic E-state index is 0.0950. The molecule has 0 aromatic rings. The van der Waals surface area contributed by atoms with E-state index in [0.717, 1.165) is 11.5 Å². The van der Waals surface area contributed by atoms with Gasteiger partial charge in [-0.1, -0.05) is 13.8 Å². The third kappa shape index (κ3) is 30.9. The number of hydrogen-bond donors (Lipinski definition) is 0. The molecule has 1 aliphatic heterocycles. The van der Waals surface area contributed by atoms with Crippen molar-refractivity contribution in [3.63, 3.8) is 0 Å². The molecule has 0 N–H and O–H groups in total. The van der Waals surface area contributed by atoms with Gasteiger partial charge in [-0.15, -0.1) is 0 Å². The van der Waals surface area contributed by atoms with E-state index in [9.17, 15) is 9.59 Å². The van der Waals surface area contributed by atoms with E-state index >= 15 is 0 Å². The summed E-state index contributed by atoms with van der Waals surface area (Å²) in [5.74, 6) is 4.38. The molecule has 0 aromatic heterocycles. The van der Waals surface area contributed by atoms with E-state index in [1.165, 1.54) is 174 Å². The van der Waals surface area contributed by atoms with Gasteiger partial charge in [-0.2, -0.15) is 0 Å². The molecule has 1 fully saturated rings. The van der Waals surface area contributed by atoms with Crippen molar-refractivity contribution in [3.8, 4) is 0 Å². The molecule has 2 atom stereocenters. The van der Waals surface area contributed by atoms with Crippen LogP contribution in [0.15, 0.2) is 0 Å². The van der Waals surface area contributed by atoms with Crippen LogP contribution in [0.25, 0.3) is 0 Å². The van der Waals surface area contributed by atoms with Crippen molar-refractivity contribution in [1.82, 2.24) is 0 Å². The fourth-order valence-corrected chi connectivity index (χ4v) is 256. The SMILES string of the molecule is CCCCCCCCCCCC[S][Sn]1([CH2]CCC)[S]CCOC(=O)CCCCC(=O)OCC[S][Sn]([CH2]CCC)([S]CCCCCCCCCCCC)[S]1. The molecule has 0 saturated carbocycles. The predicted octanol–water partition coefficient (Wildman–Crippen LogP) is 15.6. The summed E-state index contributed by atoms with van der Waals surface area (Å²) < 4.78 is 14.5. The van der Waals surface area contributed by atoms with Crippen LogP contribution in [0.1, 0.15) is 207 Å². The Morgan fingerprint density at radius 1 is 0.472 bits per heavy atom. The average molecular weight is 1050 g/mol. The third-order valence-corrected chi connectivity index (χ3v) is 155. The van der Waals surface area contributed by atoms with E-state index in [2.05, 4.69) is 69.6 Å². The molecule has 1 saturated heterocycles. The first-order valence-corrected chi connectivity index (χ1v) is 52.3. The van der Waals surface area contributed by atoms with Crippen molar-refractivity contribution in [3.05, 3.63) is 0 Å². The molecule has 0 spiro atoms. The molecular formula is C42H84O4S5Sn2. The Bertz CT molecular complexity index is 794. The molecule has 0 aromatic carbocycles. The van der Waals surface area contributed by atoms with Gasteiger partial charge in [0.05, 0.1) is 0 Å². The van der Waals surface area contributed by atoms with Crippen LogP contribution in [0.5, 0.6) is 0 Å². The topological polar surface area (TPSA) is 52.6 Å². The summed E-state index contributed by atoms with van der Waals surface area (Å²) in [6.45, 7) is 10.5. The fourth-order valence-electron chi connectivity index (χ4n) is 6.64. The van der Waals surface area contributed by atoms with Gasteiger partial charge in [-0.05, 0) is 0 Å². The number of hydrogen-bond acceptors (Lipinski definition) is 9. The fraction of sp³-hybridized carbons (Fsp3) is 0.952. The normalized spacial score (nSPS) is 21.3. The van der Waals surface area contributed by atoms with E-state index in [4.69, 9.17) is 9.47 Å². The average Bonchev–Trinajstić information content (AvgIpc) is 3.16. The first-order valence-electron chi connectivity index (χ1n) is 22.5. The minimum atomic E-state index is -2.86. The standard InChI is InChI=1S/2C12H26S.C10H18O4S2.2C4H9.S.2Sn/c2*1-2-3-4-5-6-7-8-9-10-11-12-13;11-9(13-5-7-15)3-1-2-4-10(12)14-6-8-16;2*1-3-4-2;;;/h2*13H,2-12H2,1H3;15-16H,1-8H2;2*1,3-4H2,2H3;;;/q;;;;;;2*+2/p-4. The van der Waals surface area contributed by atoms with E-state index in [-0.39, 0.29) is 11.9 Å². The summed E-state index contributed by atoms with van der Waals surface area (Å²) in [5, 5.41) is 0. The van der Waals surface area contributed by atoms with E-state index in [1.807, 2.05) is 0 Å². The number of carbonyl (C=O) groups is 2. The van der Waals surface area contributed by atoms with Crippen LogP contribution in [0.3, 0.4) is 0 Å². The second kappa shape index (κ2) is 38.5. The van der Waals surface area contributed by atoms with Crippen LogP contribution in [-0.2, 0) is 19.1 Å². The second-order valence-corrected chi connectivity index (χ2v) is 90.5. The van der Waals surface area contributed by atoms with Crippen molar-refractivity contribution < 1.29 is 19.1 Å². The van der Waals surface area contributed by atoms with Gasteiger partial charge < -0.3 is 0 Å². The molecular weight excluding hydrogens is 966 g/mol. The van der Waals surface area contributed by atoms with Crippen molar-refractivity contribution in [1.29, 1.82) is 0 Å². The Labute approximate surface area is 350 Å². The summed E-state index contributed by atoms with van der Waals surface area (Å²) in [7, 11) is 9.59. The van der Waals surface area contributed by atoms with E-state index in [1.54, 1.807) is 0 Å². The molecule has 4 nitrogen and oxygen atoms in total. The van der Waals surface area contributed by atoms with Gasteiger partial charge in [0.25, 0.3) is 0 Å². The van der Waals surface area contributed by atoms with Crippen LogP contribution in [0.4, 0.5) is 0 Å². The van der Waals surface area contributed by atoms with Gasteiger partial charge >= 0.3 is 340 Å². The third-order valence-electron chi connectivity index (χ3n) is 9.97. The van der Waals surface area contributed by atoms with Crippen molar-refractivity contribution in [2.45, 2.75) is 216 Å². The van der Waals surface area contributed by atoms with Crippen molar-refractivity contribution >= 4 is 82.3 Å². The first-order chi connectivity index (χ1) is 25.9. The number of esters is 2. The van der Waals surface area contributed by atoms with Crippen molar-refractivity contribution in [2.75, 3.05) is 36.2 Å². The number of unbranched alkanes of at least 4 members (excludes halogenated alkanes) is 20. The Morgan fingerprint density at radius 3 is 1.13 bits per heavy atom. The number of carbonyl (C=O) groups excluding carboxylic acids is 2. The number of ether oxygens (including phenoxy) is 2. The molecule has 0 aliphatic carbocycles. The van der Waals surface area contributed by atoms with Crippen LogP contribution in [0, 0.1) is 0 Å². The van der Waals surface area contributed by atoms with Crippen LogP contribution < -0.4 is 0 Å². The zero-order valence-corrected chi connectivity index (χ0v) is 44.9. The van der Waals surface area contributed by atoms with Gasteiger partial charge in [0.1, 0.15) is 0 Å². The Kier molecular flexibility index (Phi) is 38.7. The van der Waals surface area contributed by atoms with Gasteiger partial charge in [-0.25, -0.2) is 0 Å². The van der Waals surface area contributed by atoms with E-state index in [0.29, 0.717) is 38.9 Å². The molecule has 1 rings (SSSR count). The Morgan fingerprint density at radius 2 is 0.792 bits per heavy atom. The molecule has 1 heterocycles. The van der Waals surface area contributed by atoms with Gasteiger partial charge in [-0.3, -0.25) is 0 Å². The second-order valence-electron chi connectivity index (χ2n) is 15.1. The molecule has 0 radical (unpaired) electrons. The Hall–Kier alpha value is 2.29. The Balaban J connectivity index is 3.07. The monoisotopic (exact) mass is 1050 g/mol. The van der Waals surface area contributed by atoms with E-state index < -0.39 is 28.5 Å². The molecule has 1 aliphatic rings. The summed E-state index contributed by atoms with van der Waals surface area (Å²) >= 11 is -5.71. The molecule has 53 heavy (non-hydrogen) atoms. The summed E-state index contributed by atoms with van der Waals surface area (Å²) in [6, 6.07) is 0. The van der Waals surface area contributed by atoms with Gasteiger partial charge in [0, 0.05) is 0 Å². The molecule has 2 unspecified atom stereocenters. The van der Waals surface area contributed by atoms with Crippen LogP contribution >= 0.6 is 41.9 Å². The molecule has 0 amide bonds.